The van der Waals surface area contributed by atoms with Gasteiger partial charge in [-0.2, -0.15) is 4.98 Å². The summed E-state index contributed by atoms with van der Waals surface area (Å²) >= 11 is 0. The highest BCUT2D eigenvalue weighted by molar-refractivity contribution is 5.08. The lowest BCUT2D eigenvalue weighted by Crippen LogP contribution is -2.22. The number of nitrogens with zero attached hydrogens (tertiary/aromatic N) is 3. The van der Waals surface area contributed by atoms with Crippen LogP contribution in [0.1, 0.15) is 30.4 Å². The number of hydrogen-bond acceptors (Lipinski definition) is 5. The van der Waals surface area contributed by atoms with Crippen molar-refractivity contribution in [1.29, 1.82) is 0 Å². The third kappa shape index (κ3) is 3.33. The van der Waals surface area contributed by atoms with Gasteiger partial charge >= 0.3 is 0 Å². The van der Waals surface area contributed by atoms with Crippen LogP contribution >= 0.6 is 0 Å². The Morgan fingerprint density at radius 3 is 2.89 bits per heavy atom. The first-order chi connectivity index (χ1) is 8.65. The number of pyridine rings is 1. The molecule has 0 radical (unpaired) electrons. The summed E-state index contributed by atoms with van der Waals surface area (Å²) < 4.78 is 17.7. The number of rotatable bonds is 5. The minimum atomic E-state index is -0.327. The molecule has 0 spiro atoms. The predicted molar refractivity (Wildman–Crippen MR) is 63.4 cm³/mol. The third-order valence-electron chi connectivity index (χ3n) is 2.55. The van der Waals surface area contributed by atoms with Gasteiger partial charge in [0.05, 0.1) is 11.9 Å². The maximum atomic E-state index is 12.7. The highest BCUT2D eigenvalue weighted by Gasteiger charge is 2.07. The van der Waals surface area contributed by atoms with Gasteiger partial charge < -0.3 is 9.84 Å². The maximum absolute atomic E-state index is 12.7. The largest absolute Gasteiger partial charge is 0.339 e. The number of halogens is 1. The van der Waals surface area contributed by atoms with Gasteiger partial charge in [-0.05, 0) is 26.0 Å². The van der Waals surface area contributed by atoms with Crippen molar-refractivity contribution in [2.45, 2.75) is 26.3 Å². The van der Waals surface area contributed by atoms with Gasteiger partial charge in [-0.25, -0.2) is 4.39 Å². The molecule has 2 aromatic heterocycles. The number of aryl methyl sites for hydroxylation is 1. The molecule has 6 heteroatoms. The third-order valence-corrected chi connectivity index (χ3v) is 2.55. The average molecular weight is 250 g/mol. The minimum absolute atomic E-state index is 0.0506. The summed E-state index contributed by atoms with van der Waals surface area (Å²) in [7, 11) is 0. The molecule has 2 rings (SSSR count). The normalized spacial score (nSPS) is 12.6. The molecule has 5 nitrogen and oxygen atoms in total. The van der Waals surface area contributed by atoms with E-state index in [-0.39, 0.29) is 11.9 Å². The summed E-state index contributed by atoms with van der Waals surface area (Å²) in [6.07, 6.45) is 1.88. The van der Waals surface area contributed by atoms with Crippen LogP contribution in [-0.4, -0.2) is 21.7 Å². The van der Waals surface area contributed by atoms with E-state index in [1.807, 2.05) is 6.92 Å². The van der Waals surface area contributed by atoms with E-state index in [1.54, 1.807) is 13.0 Å². The highest BCUT2D eigenvalue weighted by Crippen LogP contribution is 2.09. The maximum Gasteiger partial charge on any atom is 0.227 e. The van der Waals surface area contributed by atoms with Crippen LogP contribution in [0.4, 0.5) is 4.39 Å². The van der Waals surface area contributed by atoms with E-state index >= 15 is 0 Å². The van der Waals surface area contributed by atoms with E-state index in [9.17, 15) is 4.39 Å². The first kappa shape index (κ1) is 12.6. The van der Waals surface area contributed by atoms with Gasteiger partial charge in [-0.3, -0.25) is 4.98 Å². The van der Waals surface area contributed by atoms with E-state index in [1.165, 1.54) is 12.3 Å². The zero-order valence-electron chi connectivity index (χ0n) is 10.4. The Morgan fingerprint density at radius 1 is 1.44 bits per heavy atom. The van der Waals surface area contributed by atoms with Crippen molar-refractivity contribution >= 4 is 0 Å². The Balaban J connectivity index is 1.81. The smallest absolute Gasteiger partial charge is 0.227 e. The molecule has 1 N–H and O–H groups in total. The van der Waals surface area contributed by atoms with Gasteiger partial charge in [0.1, 0.15) is 5.82 Å². The van der Waals surface area contributed by atoms with Crippen LogP contribution in [0, 0.1) is 12.7 Å². The molecule has 2 aromatic rings. The molecule has 0 amide bonds. The number of hydrogen-bond donors (Lipinski definition) is 1. The molecule has 0 bridgehead atoms. The van der Waals surface area contributed by atoms with Crippen molar-refractivity contribution in [1.82, 2.24) is 20.4 Å². The van der Waals surface area contributed by atoms with Gasteiger partial charge in [0.15, 0.2) is 5.82 Å². The molecule has 0 aromatic carbocycles. The molecule has 1 unspecified atom stereocenters. The topological polar surface area (TPSA) is 63.8 Å². The summed E-state index contributed by atoms with van der Waals surface area (Å²) in [6, 6.07) is 3.13. The molecule has 0 aliphatic heterocycles. The summed E-state index contributed by atoms with van der Waals surface area (Å²) in [5.41, 5.74) is 0.804. The van der Waals surface area contributed by atoms with E-state index in [2.05, 4.69) is 20.4 Å². The van der Waals surface area contributed by atoms with Crippen LogP contribution in [0.2, 0.25) is 0 Å². The van der Waals surface area contributed by atoms with Crippen molar-refractivity contribution in [2.75, 3.05) is 6.54 Å². The predicted octanol–water partition coefficient (Wildman–Crippen LogP) is 1.81. The first-order valence-corrected chi connectivity index (χ1v) is 5.79. The zero-order valence-corrected chi connectivity index (χ0v) is 10.4. The number of nitrogens with one attached hydrogen (secondary N) is 1. The minimum Gasteiger partial charge on any atom is -0.339 e. The molecule has 2 heterocycles. The highest BCUT2D eigenvalue weighted by atomic mass is 19.1. The van der Waals surface area contributed by atoms with Crippen LogP contribution in [0.25, 0.3) is 0 Å². The van der Waals surface area contributed by atoms with E-state index in [4.69, 9.17) is 4.52 Å². The standard InChI is InChI=1S/C12H15FN4O/c1-8(11-4-3-10(13)7-15-11)14-6-5-12-16-9(2)17-18-12/h3-4,7-8,14H,5-6H2,1-2H3. The second kappa shape index (κ2) is 5.68. The van der Waals surface area contributed by atoms with Crippen molar-refractivity contribution in [3.63, 3.8) is 0 Å². The zero-order chi connectivity index (χ0) is 13.0. The van der Waals surface area contributed by atoms with Gasteiger partial charge in [0, 0.05) is 19.0 Å². The quantitative estimate of drug-likeness (QED) is 0.876. The van der Waals surface area contributed by atoms with Crippen molar-refractivity contribution in [3.8, 4) is 0 Å². The van der Waals surface area contributed by atoms with Crippen molar-refractivity contribution < 1.29 is 8.91 Å². The fraction of sp³-hybridized carbons (Fsp3) is 0.417. The van der Waals surface area contributed by atoms with Crippen LogP contribution in [0.5, 0.6) is 0 Å². The molecule has 0 aliphatic rings. The molecule has 96 valence electrons. The lowest BCUT2D eigenvalue weighted by Gasteiger charge is -2.12. The second-order valence-corrected chi connectivity index (χ2v) is 4.06. The fourth-order valence-electron chi connectivity index (χ4n) is 1.59. The summed E-state index contributed by atoms with van der Waals surface area (Å²) in [5.74, 6) is 0.921. The second-order valence-electron chi connectivity index (χ2n) is 4.06. The average Bonchev–Trinajstić information content (AvgIpc) is 2.76. The Hall–Kier alpha value is -1.82. The van der Waals surface area contributed by atoms with Crippen LogP contribution < -0.4 is 5.32 Å². The number of aromatic nitrogens is 3. The van der Waals surface area contributed by atoms with Crippen LogP contribution in [-0.2, 0) is 6.42 Å². The molecule has 0 aliphatic carbocycles. The fourth-order valence-corrected chi connectivity index (χ4v) is 1.59. The lowest BCUT2D eigenvalue weighted by molar-refractivity contribution is 0.370. The van der Waals surface area contributed by atoms with Gasteiger partial charge in [0.25, 0.3) is 0 Å². The van der Waals surface area contributed by atoms with E-state index in [0.717, 1.165) is 5.69 Å². The lowest BCUT2D eigenvalue weighted by atomic mass is 10.2. The molecular formula is C12H15FN4O. The summed E-state index contributed by atoms with van der Waals surface area (Å²) in [6.45, 7) is 4.45. The first-order valence-electron chi connectivity index (χ1n) is 5.79. The molecular weight excluding hydrogens is 235 g/mol. The van der Waals surface area contributed by atoms with Gasteiger partial charge in [-0.1, -0.05) is 5.16 Å². The van der Waals surface area contributed by atoms with Crippen LogP contribution in [0.15, 0.2) is 22.9 Å². The van der Waals surface area contributed by atoms with Crippen molar-refractivity contribution in [2.24, 2.45) is 0 Å². The molecule has 0 saturated carbocycles. The van der Waals surface area contributed by atoms with Gasteiger partial charge in [-0.15, -0.1) is 0 Å². The van der Waals surface area contributed by atoms with E-state index in [0.29, 0.717) is 24.7 Å². The molecule has 1 atom stereocenters. The SMILES string of the molecule is Cc1noc(CCNC(C)c2ccc(F)cn2)n1. The van der Waals surface area contributed by atoms with Crippen molar-refractivity contribution in [3.05, 3.63) is 41.6 Å². The Labute approximate surface area is 104 Å². The molecule has 18 heavy (non-hydrogen) atoms. The molecule has 0 fully saturated rings. The van der Waals surface area contributed by atoms with Gasteiger partial charge in [0.2, 0.25) is 5.89 Å². The Bertz CT molecular complexity index is 497. The molecule has 0 saturated heterocycles. The summed E-state index contributed by atoms with van der Waals surface area (Å²) in [4.78, 5) is 8.13. The summed E-state index contributed by atoms with van der Waals surface area (Å²) in [5, 5.41) is 6.98. The van der Waals surface area contributed by atoms with E-state index < -0.39 is 0 Å². The Morgan fingerprint density at radius 2 is 2.28 bits per heavy atom. The van der Waals surface area contributed by atoms with Crippen LogP contribution in [0.3, 0.4) is 0 Å². The Kier molecular flexibility index (Phi) is 3.99. The monoisotopic (exact) mass is 250 g/mol.